The molecule has 1 aliphatic heterocycles. The monoisotopic (exact) mass is 310 g/mol. The lowest BCUT2D eigenvalue weighted by atomic mass is 9.97. The van der Waals surface area contributed by atoms with Crippen molar-refractivity contribution in [1.29, 1.82) is 0 Å². The van der Waals surface area contributed by atoms with Gasteiger partial charge in [0.05, 0.1) is 5.69 Å². The topological polar surface area (TPSA) is 57.3 Å². The fourth-order valence-electron chi connectivity index (χ4n) is 2.65. The van der Waals surface area contributed by atoms with Crippen molar-refractivity contribution in [2.24, 2.45) is 5.92 Å². The molecule has 0 atom stereocenters. The molecule has 6 heteroatoms. The van der Waals surface area contributed by atoms with Crippen LogP contribution >= 0.6 is 11.3 Å². The van der Waals surface area contributed by atoms with Crippen molar-refractivity contribution < 1.29 is 4.79 Å². The van der Waals surface area contributed by atoms with E-state index in [0.717, 1.165) is 37.8 Å². The molecule has 2 rings (SSSR count). The Labute approximate surface area is 131 Å². The number of piperidine rings is 1. The standard InChI is InChI=1S/C15H26N4OS/c1-11(2)19(8-13-4-6-16-7-5-13)9-14-10-21-15(18-14)17-12(3)20/h10-11,13,16H,4-9H2,1-3H3,(H,17,18,20). The van der Waals surface area contributed by atoms with Crippen LogP contribution < -0.4 is 10.6 Å². The second-order valence-electron chi connectivity index (χ2n) is 6.04. The van der Waals surface area contributed by atoms with Crippen LogP contribution in [0.4, 0.5) is 5.13 Å². The highest BCUT2D eigenvalue weighted by atomic mass is 32.1. The van der Waals surface area contributed by atoms with Crippen LogP contribution in [0.2, 0.25) is 0 Å². The van der Waals surface area contributed by atoms with E-state index in [9.17, 15) is 4.79 Å². The van der Waals surface area contributed by atoms with E-state index < -0.39 is 0 Å². The van der Waals surface area contributed by atoms with E-state index in [1.165, 1.54) is 31.1 Å². The van der Waals surface area contributed by atoms with Crippen molar-refractivity contribution in [3.8, 4) is 0 Å². The van der Waals surface area contributed by atoms with Crippen molar-refractivity contribution in [2.75, 3.05) is 25.0 Å². The highest BCUT2D eigenvalue weighted by Gasteiger charge is 2.20. The molecule has 1 amide bonds. The van der Waals surface area contributed by atoms with E-state index in [-0.39, 0.29) is 5.91 Å². The van der Waals surface area contributed by atoms with Gasteiger partial charge in [0, 0.05) is 31.4 Å². The molecule has 2 heterocycles. The second-order valence-corrected chi connectivity index (χ2v) is 6.90. The molecule has 21 heavy (non-hydrogen) atoms. The van der Waals surface area contributed by atoms with E-state index in [2.05, 4.69) is 34.4 Å². The van der Waals surface area contributed by atoms with E-state index in [1.807, 2.05) is 5.38 Å². The number of thiazole rings is 1. The van der Waals surface area contributed by atoms with Gasteiger partial charge in [0.25, 0.3) is 0 Å². The number of hydrogen-bond donors (Lipinski definition) is 2. The van der Waals surface area contributed by atoms with Crippen LogP contribution in [0.5, 0.6) is 0 Å². The average molecular weight is 310 g/mol. The Kier molecular flexibility index (Phi) is 6.14. The van der Waals surface area contributed by atoms with Crippen LogP contribution in [-0.4, -0.2) is 41.5 Å². The Bertz CT molecular complexity index is 454. The van der Waals surface area contributed by atoms with Crippen molar-refractivity contribution in [2.45, 2.75) is 46.2 Å². The van der Waals surface area contributed by atoms with Gasteiger partial charge in [0.1, 0.15) is 0 Å². The lowest BCUT2D eigenvalue weighted by Crippen LogP contribution is -2.39. The molecule has 0 aliphatic carbocycles. The molecule has 1 aliphatic rings. The zero-order valence-corrected chi connectivity index (χ0v) is 14.0. The molecule has 0 radical (unpaired) electrons. The first-order chi connectivity index (χ1) is 10.0. The summed E-state index contributed by atoms with van der Waals surface area (Å²) in [6, 6.07) is 0.505. The first-order valence-electron chi connectivity index (χ1n) is 7.71. The van der Waals surface area contributed by atoms with Gasteiger partial charge >= 0.3 is 0 Å². The van der Waals surface area contributed by atoms with Gasteiger partial charge in [0.2, 0.25) is 5.91 Å². The van der Waals surface area contributed by atoms with Crippen molar-refractivity contribution >= 4 is 22.4 Å². The second kappa shape index (κ2) is 7.87. The summed E-state index contributed by atoms with van der Waals surface area (Å²) in [5, 5.41) is 8.91. The van der Waals surface area contributed by atoms with Crippen LogP contribution in [0.25, 0.3) is 0 Å². The first-order valence-corrected chi connectivity index (χ1v) is 8.59. The van der Waals surface area contributed by atoms with Gasteiger partial charge in [0.15, 0.2) is 5.13 Å². The Morgan fingerprint density at radius 3 is 2.86 bits per heavy atom. The fourth-order valence-corrected chi connectivity index (χ4v) is 3.40. The van der Waals surface area contributed by atoms with Crippen LogP contribution in [0.1, 0.15) is 39.3 Å². The molecule has 5 nitrogen and oxygen atoms in total. The highest BCUT2D eigenvalue weighted by molar-refractivity contribution is 7.13. The van der Waals surface area contributed by atoms with Crippen LogP contribution in [-0.2, 0) is 11.3 Å². The minimum absolute atomic E-state index is 0.0636. The third-order valence-electron chi connectivity index (χ3n) is 3.88. The lowest BCUT2D eigenvalue weighted by Gasteiger charge is -2.32. The molecule has 1 saturated heterocycles. The summed E-state index contributed by atoms with van der Waals surface area (Å²) in [4.78, 5) is 18.0. The molecular formula is C15H26N4OS. The predicted octanol–water partition coefficient (Wildman–Crippen LogP) is 2.31. The number of hydrogen-bond acceptors (Lipinski definition) is 5. The molecule has 0 saturated carbocycles. The zero-order chi connectivity index (χ0) is 15.2. The third kappa shape index (κ3) is 5.37. The number of carbonyl (C=O) groups excluding carboxylic acids is 1. The number of carbonyl (C=O) groups is 1. The summed E-state index contributed by atoms with van der Waals surface area (Å²) in [5.74, 6) is 0.716. The Morgan fingerprint density at radius 1 is 1.52 bits per heavy atom. The van der Waals surface area contributed by atoms with Crippen molar-refractivity contribution in [3.63, 3.8) is 0 Å². The quantitative estimate of drug-likeness (QED) is 0.846. The summed E-state index contributed by atoms with van der Waals surface area (Å²) in [7, 11) is 0. The summed E-state index contributed by atoms with van der Waals surface area (Å²) < 4.78 is 0. The fraction of sp³-hybridized carbons (Fsp3) is 0.733. The average Bonchev–Trinajstić information content (AvgIpc) is 2.85. The van der Waals surface area contributed by atoms with Crippen LogP contribution in [0, 0.1) is 5.92 Å². The van der Waals surface area contributed by atoms with Gasteiger partial charge < -0.3 is 10.6 Å². The zero-order valence-electron chi connectivity index (χ0n) is 13.2. The van der Waals surface area contributed by atoms with Gasteiger partial charge in [-0.25, -0.2) is 4.98 Å². The van der Waals surface area contributed by atoms with Gasteiger partial charge in [-0.15, -0.1) is 11.3 Å². The number of aromatic nitrogens is 1. The normalized spacial score (nSPS) is 16.6. The van der Waals surface area contributed by atoms with E-state index in [0.29, 0.717) is 11.2 Å². The minimum atomic E-state index is -0.0636. The number of nitrogens with zero attached hydrogens (tertiary/aromatic N) is 2. The molecule has 2 N–H and O–H groups in total. The molecule has 0 unspecified atom stereocenters. The molecular weight excluding hydrogens is 284 g/mol. The molecule has 118 valence electrons. The summed E-state index contributed by atoms with van der Waals surface area (Å²) in [5.41, 5.74) is 1.05. The van der Waals surface area contributed by atoms with E-state index >= 15 is 0 Å². The van der Waals surface area contributed by atoms with Crippen LogP contribution in [0.3, 0.4) is 0 Å². The summed E-state index contributed by atoms with van der Waals surface area (Å²) in [6.45, 7) is 10.3. The number of rotatable bonds is 6. The third-order valence-corrected chi connectivity index (χ3v) is 4.69. The molecule has 1 fully saturated rings. The van der Waals surface area contributed by atoms with Crippen molar-refractivity contribution in [3.05, 3.63) is 11.1 Å². The van der Waals surface area contributed by atoms with Gasteiger partial charge in [-0.1, -0.05) is 0 Å². The maximum absolute atomic E-state index is 11.1. The van der Waals surface area contributed by atoms with Gasteiger partial charge in [-0.05, 0) is 45.7 Å². The number of nitrogens with one attached hydrogen (secondary N) is 2. The Hall–Kier alpha value is -0.980. The number of amides is 1. The summed E-state index contributed by atoms with van der Waals surface area (Å²) >= 11 is 1.50. The van der Waals surface area contributed by atoms with Crippen LogP contribution in [0.15, 0.2) is 5.38 Å². The minimum Gasteiger partial charge on any atom is -0.317 e. The van der Waals surface area contributed by atoms with Gasteiger partial charge in [-0.3, -0.25) is 9.69 Å². The molecule has 0 aromatic carbocycles. The lowest BCUT2D eigenvalue weighted by molar-refractivity contribution is -0.114. The predicted molar refractivity (Wildman–Crippen MR) is 87.6 cm³/mol. The molecule has 0 bridgehead atoms. The summed E-state index contributed by atoms with van der Waals surface area (Å²) in [6.07, 6.45) is 2.52. The maximum atomic E-state index is 11.1. The molecule has 0 spiro atoms. The van der Waals surface area contributed by atoms with E-state index in [4.69, 9.17) is 0 Å². The van der Waals surface area contributed by atoms with E-state index in [1.54, 1.807) is 0 Å². The molecule has 1 aromatic heterocycles. The van der Waals surface area contributed by atoms with Gasteiger partial charge in [-0.2, -0.15) is 0 Å². The largest absolute Gasteiger partial charge is 0.317 e. The number of anilines is 1. The SMILES string of the molecule is CC(=O)Nc1nc(CN(CC2CCNCC2)C(C)C)cs1. The molecule has 1 aromatic rings. The first kappa shape index (κ1) is 16.4. The smallest absolute Gasteiger partial charge is 0.223 e. The van der Waals surface area contributed by atoms with Crippen molar-refractivity contribution in [1.82, 2.24) is 15.2 Å². The Morgan fingerprint density at radius 2 is 2.24 bits per heavy atom. The maximum Gasteiger partial charge on any atom is 0.223 e. The Balaban J connectivity index is 1.92. The highest BCUT2D eigenvalue weighted by Crippen LogP contribution is 2.20.